The monoisotopic (exact) mass is 80.1 g/mol. The summed E-state index contributed by atoms with van der Waals surface area (Å²) in [6.07, 6.45) is 5.04. The first kappa shape index (κ1) is 4.23. The number of hydrogen-bond donors (Lipinski definition) is 0. The predicted octanol–water partition coefficient (Wildman–Crippen LogP) is 1.37. The van der Waals surface area contributed by atoms with Gasteiger partial charge in [0.2, 0.25) is 0 Å². The van der Waals surface area contributed by atoms with Gasteiger partial charge in [-0.3, -0.25) is 0 Å². The molecule has 0 aromatic carbocycles. The summed E-state index contributed by atoms with van der Waals surface area (Å²) in [5, 5.41) is 0. The predicted molar refractivity (Wildman–Crippen MR) is 27.9 cm³/mol. The highest BCUT2D eigenvalue weighted by atomic mass is 14.2. The van der Waals surface area contributed by atoms with Crippen LogP contribution < -0.4 is 0 Å². The van der Waals surface area contributed by atoms with Crippen molar-refractivity contribution < 1.29 is 0 Å². The largest absolute Gasteiger partial charge is 0.0884 e. The van der Waals surface area contributed by atoms with Gasteiger partial charge in [-0.05, 0) is 5.92 Å². The van der Waals surface area contributed by atoms with Gasteiger partial charge in [0.25, 0.3) is 0 Å². The van der Waals surface area contributed by atoms with Crippen LogP contribution in [0.1, 0.15) is 19.3 Å². The second kappa shape index (κ2) is 1.68. The summed E-state index contributed by atoms with van der Waals surface area (Å²) in [5.41, 5.74) is 0. The quantitative estimate of drug-likeness (QED) is 0.439. The minimum atomic E-state index is 0.894. The van der Waals surface area contributed by atoms with Gasteiger partial charge in [-0.15, -0.1) is 0 Å². The van der Waals surface area contributed by atoms with Crippen molar-refractivity contribution in [2.45, 2.75) is 25.6 Å². The van der Waals surface area contributed by atoms with E-state index in [1.54, 1.807) is 0 Å². The van der Waals surface area contributed by atoms with Gasteiger partial charge in [0, 0.05) is 0 Å². The molecule has 0 aliphatic heterocycles. The minimum absolute atomic E-state index is 0.894. The molecule has 1 rings (SSSR count). The van der Waals surface area contributed by atoms with Gasteiger partial charge in [-0.25, -0.2) is 0 Å². The lowest BCUT2D eigenvalue weighted by Gasteiger charge is -1.83. The van der Waals surface area contributed by atoms with Crippen molar-refractivity contribution in [3.05, 3.63) is 0 Å². The molecule has 0 nitrogen and oxygen atoms in total. The van der Waals surface area contributed by atoms with Crippen molar-refractivity contribution in [3.63, 3.8) is 0 Å². The van der Waals surface area contributed by atoms with Crippen LogP contribution in [0.5, 0.6) is 0 Å². The third-order valence-electron chi connectivity index (χ3n) is 1.27. The first-order chi connectivity index (χ1) is 2.93. The third kappa shape index (κ3) is 1.04. The highest BCUT2D eigenvalue weighted by Crippen LogP contribution is 2.32. The van der Waals surface area contributed by atoms with E-state index in [4.69, 9.17) is 7.85 Å². The lowest BCUT2D eigenvalue weighted by Crippen LogP contribution is -1.71. The Morgan fingerprint density at radius 1 is 1.50 bits per heavy atom. The minimum Gasteiger partial charge on any atom is -0.0884 e. The Hall–Kier alpha value is 0.0649. The second-order valence-electron chi connectivity index (χ2n) is 2.02. The van der Waals surface area contributed by atoms with Crippen LogP contribution in [0.2, 0.25) is 6.32 Å². The van der Waals surface area contributed by atoms with Crippen molar-refractivity contribution in [1.29, 1.82) is 0 Å². The van der Waals surface area contributed by atoms with Crippen molar-refractivity contribution in [2.75, 3.05) is 0 Å². The van der Waals surface area contributed by atoms with E-state index in [9.17, 15) is 0 Å². The zero-order chi connectivity index (χ0) is 4.41. The smallest absolute Gasteiger partial charge is 0.0653 e. The van der Waals surface area contributed by atoms with Gasteiger partial charge < -0.3 is 0 Å². The average Bonchev–Trinajstić information content (AvgIpc) is 2.21. The molecule has 0 amide bonds. The van der Waals surface area contributed by atoms with E-state index in [-0.39, 0.29) is 0 Å². The highest BCUT2D eigenvalue weighted by molar-refractivity contribution is 6.08. The lowest BCUT2D eigenvalue weighted by atomic mass is 10.00. The maximum absolute atomic E-state index is 5.27. The standard InChI is InChI=1S/C5H9B/c6-4-3-5-1-2-5/h5H,1-4H2. The van der Waals surface area contributed by atoms with Crippen LogP contribution in [-0.4, -0.2) is 7.85 Å². The average molecular weight is 79.9 g/mol. The molecule has 0 unspecified atom stereocenters. The van der Waals surface area contributed by atoms with Crippen molar-refractivity contribution in [1.82, 2.24) is 0 Å². The molecule has 6 heavy (non-hydrogen) atoms. The van der Waals surface area contributed by atoms with Crippen molar-refractivity contribution >= 4 is 7.85 Å². The zero-order valence-electron chi connectivity index (χ0n) is 3.98. The Kier molecular flexibility index (Phi) is 1.18. The van der Waals surface area contributed by atoms with E-state index in [0.717, 1.165) is 12.2 Å². The molecule has 0 N–H and O–H groups in total. The molecular weight excluding hydrogens is 70.9 g/mol. The zero-order valence-corrected chi connectivity index (χ0v) is 3.98. The van der Waals surface area contributed by atoms with Gasteiger partial charge in [0.15, 0.2) is 0 Å². The Morgan fingerprint density at radius 2 is 2.17 bits per heavy atom. The Morgan fingerprint density at radius 3 is 2.33 bits per heavy atom. The second-order valence-corrected chi connectivity index (χ2v) is 2.02. The molecule has 0 atom stereocenters. The fourth-order valence-electron chi connectivity index (χ4n) is 0.642. The first-order valence-corrected chi connectivity index (χ1v) is 2.63. The fourth-order valence-corrected chi connectivity index (χ4v) is 0.642. The molecule has 0 bridgehead atoms. The topological polar surface area (TPSA) is 0 Å². The van der Waals surface area contributed by atoms with E-state index in [2.05, 4.69) is 0 Å². The molecule has 2 radical (unpaired) electrons. The van der Waals surface area contributed by atoms with Gasteiger partial charge >= 0.3 is 0 Å². The van der Waals surface area contributed by atoms with Gasteiger partial charge in [0.1, 0.15) is 0 Å². The molecule has 1 fully saturated rings. The molecular formula is C5H9B. The maximum Gasteiger partial charge on any atom is 0.0653 e. The van der Waals surface area contributed by atoms with Crippen LogP contribution in [0.15, 0.2) is 0 Å². The fraction of sp³-hybridized carbons (Fsp3) is 1.00. The van der Waals surface area contributed by atoms with E-state index in [1.165, 1.54) is 19.3 Å². The summed E-state index contributed by atoms with van der Waals surface area (Å²) in [6.45, 7) is 0. The molecule has 0 spiro atoms. The molecule has 1 saturated carbocycles. The molecule has 0 heterocycles. The molecule has 0 saturated heterocycles. The van der Waals surface area contributed by atoms with E-state index >= 15 is 0 Å². The van der Waals surface area contributed by atoms with Gasteiger partial charge in [0.05, 0.1) is 7.85 Å². The molecule has 1 aliphatic rings. The first-order valence-electron chi connectivity index (χ1n) is 2.63. The molecule has 1 heteroatoms. The Labute approximate surface area is 40.3 Å². The van der Waals surface area contributed by atoms with E-state index in [1.807, 2.05) is 0 Å². The van der Waals surface area contributed by atoms with Crippen LogP contribution in [0.4, 0.5) is 0 Å². The molecule has 1 aliphatic carbocycles. The van der Waals surface area contributed by atoms with Gasteiger partial charge in [-0.2, -0.15) is 0 Å². The van der Waals surface area contributed by atoms with Gasteiger partial charge in [-0.1, -0.05) is 25.6 Å². The highest BCUT2D eigenvalue weighted by Gasteiger charge is 2.18. The van der Waals surface area contributed by atoms with Crippen LogP contribution in [0.25, 0.3) is 0 Å². The molecule has 0 aromatic heterocycles. The van der Waals surface area contributed by atoms with Crippen LogP contribution in [-0.2, 0) is 0 Å². The molecule has 32 valence electrons. The summed E-state index contributed by atoms with van der Waals surface area (Å²) in [5.74, 6) is 1.02. The summed E-state index contributed by atoms with van der Waals surface area (Å²) in [6, 6.07) is 0. The summed E-state index contributed by atoms with van der Waals surface area (Å²) >= 11 is 0. The SMILES string of the molecule is [B]CCC1CC1. The maximum atomic E-state index is 5.27. The third-order valence-corrected chi connectivity index (χ3v) is 1.27. The lowest BCUT2D eigenvalue weighted by molar-refractivity contribution is 0.798. The van der Waals surface area contributed by atoms with Crippen LogP contribution in [0.3, 0.4) is 0 Å². The number of rotatable bonds is 2. The Bertz CT molecular complexity index is 39.2. The van der Waals surface area contributed by atoms with Crippen LogP contribution in [0, 0.1) is 5.92 Å². The van der Waals surface area contributed by atoms with Crippen molar-refractivity contribution in [3.8, 4) is 0 Å². The van der Waals surface area contributed by atoms with E-state index < -0.39 is 0 Å². The summed E-state index contributed by atoms with van der Waals surface area (Å²) in [4.78, 5) is 0. The molecule has 0 aromatic rings. The number of hydrogen-bond acceptors (Lipinski definition) is 0. The van der Waals surface area contributed by atoms with Crippen LogP contribution >= 0.6 is 0 Å². The Balaban J connectivity index is 1.88. The summed E-state index contributed by atoms with van der Waals surface area (Å²) in [7, 11) is 5.27. The van der Waals surface area contributed by atoms with E-state index in [0.29, 0.717) is 0 Å². The normalized spacial score (nSPS) is 21.3. The summed E-state index contributed by atoms with van der Waals surface area (Å²) < 4.78 is 0. The van der Waals surface area contributed by atoms with Crippen molar-refractivity contribution in [2.24, 2.45) is 5.92 Å².